The van der Waals surface area contributed by atoms with E-state index >= 15 is 0 Å². The molecule has 0 spiro atoms. The number of carbonyl (C=O) groups excluding carboxylic acids is 3. The van der Waals surface area contributed by atoms with Crippen LogP contribution in [0.1, 0.15) is 33.6 Å². The maximum absolute atomic E-state index is 12.8. The van der Waals surface area contributed by atoms with Gasteiger partial charge in [-0.3, -0.25) is 19.3 Å². The molecule has 6 nitrogen and oxygen atoms in total. The number of hydrogen-bond donors (Lipinski definition) is 0. The van der Waals surface area contributed by atoms with Gasteiger partial charge in [0.15, 0.2) is 0 Å². The molecule has 0 aromatic heterocycles. The van der Waals surface area contributed by atoms with Gasteiger partial charge in [-0.2, -0.15) is 0 Å². The molecule has 0 aliphatic carbocycles. The zero-order chi connectivity index (χ0) is 21.8. The fourth-order valence-electron chi connectivity index (χ4n) is 3.61. The molecule has 0 unspecified atom stereocenters. The van der Waals surface area contributed by atoms with E-state index in [2.05, 4.69) is 0 Å². The summed E-state index contributed by atoms with van der Waals surface area (Å²) in [6, 6.07) is 17.8. The zero-order valence-corrected chi connectivity index (χ0v) is 17.4. The summed E-state index contributed by atoms with van der Waals surface area (Å²) < 4.78 is 10.6. The molecule has 3 aromatic rings. The fraction of sp³-hybridized carbons (Fsp3) is 0.208. The van der Waals surface area contributed by atoms with Gasteiger partial charge in [-0.15, -0.1) is 0 Å². The highest BCUT2D eigenvalue weighted by Crippen LogP contribution is 2.30. The van der Waals surface area contributed by atoms with Gasteiger partial charge in [0.25, 0.3) is 11.8 Å². The molecule has 7 heteroatoms. The van der Waals surface area contributed by atoms with Crippen LogP contribution in [0.15, 0.2) is 60.7 Å². The summed E-state index contributed by atoms with van der Waals surface area (Å²) in [7, 11) is 0. The van der Waals surface area contributed by atoms with Crippen LogP contribution in [-0.2, 0) is 9.53 Å². The molecule has 0 bridgehead atoms. The molecule has 4 rings (SSSR count). The highest BCUT2D eigenvalue weighted by molar-refractivity contribution is 6.32. The van der Waals surface area contributed by atoms with Crippen molar-refractivity contribution >= 4 is 40.2 Å². The Kier molecular flexibility index (Phi) is 6.18. The van der Waals surface area contributed by atoms with Crippen LogP contribution in [0.5, 0.6) is 5.75 Å². The third-order valence-corrected chi connectivity index (χ3v) is 5.37. The quantitative estimate of drug-likeness (QED) is 0.295. The minimum Gasteiger partial charge on any atom is -0.488 e. The predicted octanol–water partition coefficient (Wildman–Crippen LogP) is 4.49. The first-order valence-corrected chi connectivity index (χ1v) is 10.3. The van der Waals surface area contributed by atoms with Crippen molar-refractivity contribution in [3.05, 3.63) is 76.8 Å². The maximum Gasteiger partial charge on any atom is 0.305 e. The van der Waals surface area contributed by atoms with Gasteiger partial charge < -0.3 is 9.47 Å². The number of esters is 1. The van der Waals surface area contributed by atoms with E-state index in [9.17, 15) is 14.4 Å². The maximum atomic E-state index is 12.8. The first-order chi connectivity index (χ1) is 15.1. The summed E-state index contributed by atoms with van der Waals surface area (Å²) in [5.74, 6) is -0.563. The van der Waals surface area contributed by atoms with Crippen LogP contribution in [0.4, 0.5) is 0 Å². The lowest BCUT2D eigenvalue weighted by atomic mass is 9.94. The Morgan fingerprint density at radius 3 is 2.23 bits per heavy atom. The van der Waals surface area contributed by atoms with Gasteiger partial charge in [0.2, 0.25) is 0 Å². The van der Waals surface area contributed by atoms with Gasteiger partial charge in [0, 0.05) is 29.5 Å². The van der Waals surface area contributed by atoms with Crippen molar-refractivity contribution in [3.8, 4) is 5.75 Å². The lowest BCUT2D eigenvalue weighted by Gasteiger charge is -2.27. The second kappa shape index (κ2) is 9.18. The van der Waals surface area contributed by atoms with Crippen molar-refractivity contribution in [3.63, 3.8) is 0 Å². The van der Waals surface area contributed by atoms with Crippen LogP contribution >= 0.6 is 11.6 Å². The van der Waals surface area contributed by atoms with Gasteiger partial charge in [0.05, 0.1) is 5.02 Å². The zero-order valence-electron chi connectivity index (χ0n) is 16.7. The SMILES string of the molecule is O=C(CCCN1C(=O)c2cccc3cccc(c23)C1=O)OCCOc1ccccc1Cl. The third-order valence-electron chi connectivity index (χ3n) is 5.06. The Labute approximate surface area is 184 Å². The lowest BCUT2D eigenvalue weighted by molar-refractivity contribution is -0.144. The minimum absolute atomic E-state index is 0.0843. The third kappa shape index (κ3) is 4.39. The topological polar surface area (TPSA) is 72.9 Å². The number of nitrogens with zero attached hydrogens (tertiary/aromatic N) is 1. The number of rotatable bonds is 8. The lowest BCUT2D eigenvalue weighted by Crippen LogP contribution is -2.41. The van der Waals surface area contributed by atoms with E-state index in [1.54, 1.807) is 48.5 Å². The second-order valence-corrected chi connectivity index (χ2v) is 7.48. The average Bonchev–Trinajstić information content (AvgIpc) is 2.78. The Morgan fingerprint density at radius 2 is 1.55 bits per heavy atom. The highest BCUT2D eigenvalue weighted by Gasteiger charge is 2.32. The molecule has 0 atom stereocenters. The van der Waals surface area contributed by atoms with Crippen LogP contribution in [0.3, 0.4) is 0 Å². The smallest absolute Gasteiger partial charge is 0.305 e. The van der Waals surface area contributed by atoms with Gasteiger partial charge >= 0.3 is 5.97 Å². The monoisotopic (exact) mass is 437 g/mol. The molecule has 0 radical (unpaired) electrons. The number of hydrogen-bond acceptors (Lipinski definition) is 5. The number of imide groups is 1. The van der Waals surface area contributed by atoms with Gasteiger partial charge in [-0.25, -0.2) is 0 Å². The van der Waals surface area contributed by atoms with Crippen LogP contribution in [0.25, 0.3) is 10.8 Å². The normalized spacial score (nSPS) is 12.9. The molecule has 1 heterocycles. The van der Waals surface area contributed by atoms with Gasteiger partial charge in [0.1, 0.15) is 19.0 Å². The summed E-state index contributed by atoms with van der Waals surface area (Å²) in [5.41, 5.74) is 1.01. The molecule has 0 saturated carbocycles. The number of halogens is 1. The second-order valence-electron chi connectivity index (χ2n) is 7.07. The molecule has 1 aliphatic heterocycles. The van der Waals surface area contributed by atoms with Gasteiger partial charge in [-0.1, -0.05) is 48.0 Å². The summed E-state index contributed by atoms with van der Waals surface area (Å²) in [5, 5.41) is 2.04. The fourth-order valence-corrected chi connectivity index (χ4v) is 3.80. The Balaban J connectivity index is 1.27. The van der Waals surface area contributed by atoms with Crippen molar-refractivity contribution in [1.82, 2.24) is 4.90 Å². The number of carbonyl (C=O) groups is 3. The van der Waals surface area contributed by atoms with Crippen LogP contribution < -0.4 is 4.74 Å². The average molecular weight is 438 g/mol. The largest absolute Gasteiger partial charge is 0.488 e. The van der Waals surface area contributed by atoms with Gasteiger partial charge in [-0.05, 0) is 36.1 Å². The highest BCUT2D eigenvalue weighted by atomic mass is 35.5. The summed E-state index contributed by atoms with van der Waals surface area (Å²) in [4.78, 5) is 38.8. The van der Waals surface area contributed by atoms with E-state index in [-0.39, 0.29) is 38.0 Å². The van der Waals surface area contributed by atoms with Crippen molar-refractivity contribution in [2.45, 2.75) is 12.8 Å². The van der Waals surface area contributed by atoms with Crippen LogP contribution in [0.2, 0.25) is 5.02 Å². The molecular weight excluding hydrogens is 418 g/mol. The van der Waals surface area contributed by atoms with Crippen molar-refractivity contribution in [1.29, 1.82) is 0 Å². The van der Waals surface area contributed by atoms with Crippen LogP contribution in [-0.4, -0.2) is 42.4 Å². The van der Waals surface area contributed by atoms with E-state index in [0.29, 0.717) is 33.7 Å². The number of para-hydroxylation sites is 1. The van der Waals surface area contributed by atoms with E-state index in [0.717, 1.165) is 5.39 Å². The summed E-state index contributed by atoms with van der Waals surface area (Å²) in [6.45, 7) is 0.411. The molecule has 158 valence electrons. The number of benzene rings is 3. The first kappa shape index (κ1) is 20.9. The standard InChI is InChI=1S/C24H20ClNO5/c25-19-10-1-2-11-20(19)30-14-15-31-21(27)12-5-13-26-23(28)17-8-3-6-16-7-4-9-18(22(16)17)24(26)29/h1-4,6-11H,5,12-15H2. The number of amides is 2. The molecule has 2 amide bonds. The first-order valence-electron chi connectivity index (χ1n) is 9.97. The van der Waals surface area contributed by atoms with Crippen molar-refractivity contribution in [2.24, 2.45) is 0 Å². The van der Waals surface area contributed by atoms with Crippen molar-refractivity contribution < 1.29 is 23.9 Å². The van der Waals surface area contributed by atoms with E-state index in [1.165, 1.54) is 4.90 Å². The Bertz CT molecular complexity index is 1110. The molecule has 0 saturated heterocycles. The van der Waals surface area contributed by atoms with Crippen molar-refractivity contribution in [2.75, 3.05) is 19.8 Å². The molecule has 3 aromatic carbocycles. The Morgan fingerprint density at radius 1 is 0.871 bits per heavy atom. The summed E-state index contributed by atoms with van der Waals surface area (Å²) >= 11 is 6.00. The molecule has 0 fully saturated rings. The predicted molar refractivity (Wildman–Crippen MR) is 116 cm³/mol. The van der Waals surface area contributed by atoms with E-state index < -0.39 is 5.97 Å². The molecular formula is C24H20ClNO5. The van der Waals surface area contributed by atoms with E-state index in [4.69, 9.17) is 21.1 Å². The molecule has 1 aliphatic rings. The van der Waals surface area contributed by atoms with E-state index in [1.807, 2.05) is 12.1 Å². The van der Waals surface area contributed by atoms with Crippen LogP contribution in [0, 0.1) is 0 Å². The number of ether oxygens (including phenoxy) is 2. The summed E-state index contributed by atoms with van der Waals surface area (Å²) in [6.07, 6.45) is 0.412. The molecule has 31 heavy (non-hydrogen) atoms. The molecule has 0 N–H and O–H groups in total. The minimum atomic E-state index is -0.415. The Hall–Kier alpha value is -3.38.